The minimum Gasteiger partial charge on any atom is -0.395 e. The molecule has 0 saturated carbocycles. The molecule has 0 saturated heterocycles. The predicted molar refractivity (Wildman–Crippen MR) is 77.4 cm³/mol. The van der Waals surface area contributed by atoms with Crippen molar-refractivity contribution in [2.45, 2.75) is 11.8 Å². The van der Waals surface area contributed by atoms with Gasteiger partial charge in [-0.1, -0.05) is 29.8 Å². The summed E-state index contributed by atoms with van der Waals surface area (Å²) in [6.45, 7) is -0.783. The Kier molecular flexibility index (Phi) is 4.93. The highest BCUT2D eigenvalue weighted by molar-refractivity contribution is 6.30. The van der Waals surface area contributed by atoms with Crippen LogP contribution in [0, 0.1) is 11.6 Å². The SMILES string of the molecule is OCC(CO)(Cc1ccc(Cl)cc1F)c1ccc(F)cc1. The lowest BCUT2D eigenvalue weighted by Gasteiger charge is -2.30. The number of hydrogen-bond acceptors (Lipinski definition) is 2. The lowest BCUT2D eigenvalue weighted by Crippen LogP contribution is -2.37. The van der Waals surface area contributed by atoms with E-state index in [1.165, 1.54) is 36.4 Å². The van der Waals surface area contributed by atoms with Crippen LogP contribution in [0.4, 0.5) is 8.78 Å². The van der Waals surface area contributed by atoms with Gasteiger partial charge in [-0.15, -0.1) is 0 Å². The summed E-state index contributed by atoms with van der Waals surface area (Å²) in [7, 11) is 0. The number of rotatable bonds is 5. The molecule has 2 nitrogen and oxygen atoms in total. The molecule has 2 rings (SSSR count). The Labute approximate surface area is 126 Å². The second kappa shape index (κ2) is 6.52. The van der Waals surface area contributed by atoms with Gasteiger partial charge in [0, 0.05) is 10.4 Å². The van der Waals surface area contributed by atoms with Crippen molar-refractivity contribution in [3.05, 3.63) is 70.2 Å². The van der Waals surface area contributed by atoms with Crippen LogP contribution in [0.2, 0.25) is 5.02 Å². The average molecular weight is 313 g/mol. The number of benzene rings is 2. The first-order valence-electron chi connectivity index (χ1n) is 6.42. The quantitative estimate of drug-likeness (QED) is 0.891. The molecule has 2 aromatic carbocycles. The van der Waals surface area contributed by atoms with Crippen LogP contribution in [0.3, 0.4) is 0 Å². The van der Waals surface area contributed by atoms with Gasteiger partial charge in [-0.2, -0.15) is 0 Å². The third kappa shape index (κ3) is 3.40. The minimum absolute atomic E-state index is 0.0780. The predicted octanol–water partition coefficient (Wildman–Crippen LogP) is 3.08. The molecule has 0 aliphatic carbocycles. The van der Waals surface area contributed by atoms with Gasteiger partial charge in [0.25, 0.3) is 0 Å². The van der Waals surface area contributed by atoms with Crippen LogP contribution in [0.25, 0.3) is 0 Å². The fourth-order valence-electron chi connectivity index (χ4n) is 2.28. The topological polar surface area (TPSA) is 40.5 Å². The molecule has 5 heteroatoms. The summed E-state index contributed by atoms with van der Waals surface area (Å²) in [6.07, 6.45) is 0.0780. The Hall–Kier alpha value is -1.49. The molecule has 2 aromatic rings. The summed E-state index contributed by atoms with van der Waals surface area (Å²) in [4.78, 5) is 0. The smallest absolute Gasteiger partial charge is 0.127 e. The maximum atomic E-state index is 13.9. The molecule has 0 radical (unpaired) electrons. The van der Waals surface area contributed by atoms with E-state index in [1.807, 2.05) is 0 Å². The van der Waals surface area contributed by atoms with Crippen LogP contribution in [0.15, 0.2) is 42.5 Å². The van der Waals surface area contributed by atoms with Gasteiger partial charge in [-0.25, -0.2) is 8.78 Å². The van der Waals surface area contributed by atoms with Gasteiger partial charge in [0.15, 0.2) is 0 Å². The maximum absolute atomic E-state index is 13.9. The molecule has 0 heterocycles. The molecular weight excluding hydrogens is 298 g/mol. The van der Waals surface area contributed by atoms with E-state index in [-0.39, 0.29) is 11.4 Å². The lowest BCUT2D eigenvalue weighted by molar-refractivity contribution is 0.115. The van der Waals surface area contributed by atoms with Gasteiger partial charge in [-0.3, -0.25) is 0 Å². The van der Waals surface area contributed by atoms with Gasteiger partial charge in [-0.05, 0) is 41.8 Å². The van der Waals surface area contributed by atoms with Crippen LogP contribution < -0.4 is 0 Å². The summed E-state index contributed by atoms with van der Waals surface area (Å²) < 4.78 is 26.9. The van der Waals surface area contributed by atoms with Gasteiger partial charge in [0.05, 0.1) is 13.2 Å². The van der Waals surface area contributed by atoms with Crippen molar-refractivity contribution in [2.75, 3.05) is 13.2 Å². The molecular formula is C16H15ClF2O2. The van der Waals surface area contributed by atoms with E-state index < -0.39 is 30.3 Å². The maximum Gasteiger partial charge on any atom is 0.127 e. The van der Waals surface area contributed by atoms with Crippen molar-refractivity contribution in [2.24, 2.45) is 0 Å². The number of hydrogen-bond donors (Lipinski definition) is 2. The van der Waals surface area contributed by atoms with E-state index >= 15 is 0 Å². The largest absolute Gasteiger partial charge is 0.395 e. The lowest BCUT2D eigenvalue weighted by atomic mass is 9.76. The molecule has 0 spiro atoms. The van der Waals surface area contributed by atoms with Gasteiger partial charge < -0.3 is 10.2 Å². The van der Waals surface area contributed by atoms with Crippen LogP contribution in [-0.2, 0) is 11.8 Å². The first-order valence-corrected chi connectivity index (χ1v) is 6.80. The molecule has 2 N–H and O–H groups in total. The molecule has 21 heavy (non-hydrogen) atoms. The highest BCUT2D eigenvalue weighted by Crippen LogP contribution is 2.30. The van der Waals surface area contributed by atoms with Crippen LogP contribution in [0.1, 0.15) is 11.1 Å². The fraction of sp³-hybridized carbons (Fsp3) is 0.250. The van der Waals surface area contributed by atoms with E-state index in [2.05, 4.69) is 0 Å². The number of halogens is 3. The van der Waals surface area contributed by atoms with Crippen molar-refractivity contribution in [3.63, 3.8) is 0 Å². The van der Waals surface area contributed by atoms with E-state index in [0.29, 0.717) is 11.1 Å². The van der Waals surface area contributed by atoms with E-state index in [1.54, 1.807) is 6.07 Å². The second-order valence-electron chi connectivity index (χ2n) is 5.02. The van der Waals surface area contributed by atoms with Crippen molar-refractivity contribution in [3.8, 4) is 0 Å². The molecule has 0 amide bonds. The van der Waals surface area contributed by atoms with Crippen LogP contribution in [-0.4, -0.2) is 23.4 Å². The zero-order chi connectivity index (χ0) is 15.5. The Bertz CT molecular complexity index is 610. The summed E-state index contributed by atoms with van der Waals surface area (Å²) in [5, 5.41) is 19.7. The molecule has 112 valence electrons. The summed E-state index contributed by atoms with van der Waals surface area (Å²) in [5.74, 6) is -0.919. The average Bonchev–Trinajstić information content (AvgIpc) is 2.48. The first-order chi connectivity index (χ1) is 10.0. The molecule has 0 aliphatic rings. The van der Waals surface area contributed by atoms with Crippen LogP contribution in [0.5, 0.6) is 0 Å². The summed E-state index contributed by atoms with van der Waals surface area (Å²) >= 11 is 5.71. The molecule has 0 bridgehead atoms. The highest BCUT2D eigenvalue weighted by atomic mass is 35.5. The molecule has 0 aromatic heterocycles. The Morgan fingerprint density at radius 1 is 0.952 bits per heavy atom. The standard InChI is InChI=1S/C16H15ClF2O2/c17-13-4-1-11(15(19)7-13)8-16(9-20,10-21)12-2-5-14(18)6-3-12/h1-7,20-21H,8-10H2. The molecule has 0 fully saturated rings. The van der Waals surface area contributed by atoms with Gasteiger partial charge >= 0.3 is 0 Å². The highest BCUT2D eigenvalue weighted by Gasteiger charge is 2.32. The monoisotopic (exact) mass is 312 g/mol. The Morgan fingerprint density at radius 2 is 1.57 bits per heavy atom. The zero-order valence-electron chi connectivity index (χ0n) is 11.2. The van der Waals surface area contributed by atoms with Crippen LogP contribution >= 0.6 is 11.6 Å². The van der Waals surface area contributed by atoms with Gasteiger partial charge in [0.1, 0.15) is 11.6 Å². The summed E-state index contributed by atoms with van der Waals surface area (Å²) in [5.41, 5.74) is -0.211. The minimum atomic E-state index is -1.08. The Balaban J connectivity index is 2.40. The number of aliphatic hydroxyl groups is 2. The van der Waals surface area contributed by atoms with Gasteiger partial charge in [0.2, 0.25) is 0 Å². The molecule has 0 aliphatic heterocycles. The van der Waals surface area contributed by atoms with E-state index in [9.17, 15) is 19.0 Å². The van der Waals surface area contributed by atoms with Crippen molar-refractivity contribution in [1.29, 1.82) is 0 Å². The number of aliphatic hydroxyl groups excluding tert-OH is 2. The zero-order valence-corrected chi connectivity index (χ0v) is 11.9. The second-order valence-corrected chi connectivity index (χ2v) is 5.45. The Morgan fingerprint density at radius 3 is 2.10 bits per heavy atom. The van der Waals surface area contributed by atoms with E-state index in [0.717, 1.165) is 0 Å². The molecule has 0 unspecified atom stereocenters. The normalized spacial score (nSPS) is 11.7. The third-order valence-corrected chi connectivity index (χ3v) is 3.84. The molecule has 0 atom stereocenters. The summed E-state index contributed by atoms with van der Waals surface area (Å²) in [6, 6.07) is 9.69. The van der Waals surface area contributed by atoms with E-state index in [4.69, 9.17) is 11.6 Å². The van der Waals surface area contributed by atoms with Crippen molar-refractivity contribution >= 4 is 11.6 Å². The van der Waals surface area contributed by atoms with Crippen molar-refractivity contribution < 1.29 is 19.0 Å². The first kappa shape index (κ1) is 15.9. The van der Waals surface area contributed by atoms with Crippen molar-refractivity contribution in [1.82, 2.24) is 0 Å². The fourth-order valence-corrected chi connectivity index (χ4v) is 2.44. The third-order valence-electron chi connectivity index (χ3n) is 3.61.